The molecule has 280 valence electrons. The number of imide groups is 1. The number of nitro groups is 1. The zero-order chi connectivity index (χ0) is 40.4. The number of anilines is 2. The number of phenols is 1. The van der Waals surface area contributed by atoms with E-state index in [2.05, 4.69) is 26.1 Å². The van der Waals surface area contributed by atoms with E-state index < -0.39 is 34.2 Å². The molecule has 3 N–H and O–H groups in total. The number of allylic oxidation sites excluding steroid dienone is 1. The van der Waals surface area contributed by atoms with E-state index in [0.29, 0.717) is 49.8 Å². The highest BCUT2D eigenvalue weighted by atomic mass is 16.6. The molecule has 3 aliphatic rings. The van der Waals surface area contributed by atoms with Gasteiger partial charge in [0.25, 0.3) is 23.4 Å². The molecular formula is C43H25N7O8. The maximum atomic E-state index is 13.8. The molecule has 0 bridgehead atoms. The molecule has 3 amide bonds. The van der Waals surface area contributed by atoms with Crippen LogP contribution in [0.3, 0.4) is 0 Å². The van der Waals surface area contributed by atoms with E-state index in [1.165, 1.54) is 43.5 Å². The Kier molecular flexibility index (Phi) is 8.13. The lowest BCUT2D eigenvalue weighted by Crippen LogP contribution is -2.41. The van der Waals surface area contributed by atoms with E-state index in [9.17, 15) is 39.2 Å². The average Bonchev–Trinajstić information content (AvgIpc) is 3.50. The van der Waals surface area contributed by atoms with Crippen molar-refractivity contribution in [3.8, 4) is 16.9 Å². The molecule has 58 heavy (non-hydrogen) atoms. The Balaban J connectivity index is 0.983. The number of phenolic OH excluding ortho intramolecular Hbond substituents is 1. The fraction of sp³-hybridized carbons (Fsp3) is 0.0233. The largest absolute Gasteiger partial charge is 0.505 e. The van der Waals surface area contributed by atoms with Crippen LogP contribution in [0.4, 0.5) is 28.4 Å². The van der Waals surface area contributed by atoms with Crippen molar-refractivity contribution >= 4 is 79.8 Å². The summed E-state index contributed by atoms with van der Waals surface area (Å²) in [7, 11) is 1.36. The van der Waals surface area contributed by atoms with Gasteiger partial charge in [-0.25, -0.2) is 0 Å². The van der Waals surface area contributed by atoms with Gasteiger partial charge in [-0.05, 0) is 59.0 Å². The number of fused-ring (bicyclic) bond motifs is 4. The van der Waals surface area contributed by atoms with Gasteiger partial charge in [0.15, 0.2) is 11.5 Å². The topological polar surface area (TPSA) is 213 Å². The molecule has 6 aromatic carbocycles. The quantitative estimate of drug-likeness (QED) is 0.0626. The summed E-state index contributed by atoms with van der Waals surface area (Å²) in [5.41, 5.74) is 6.49. The number of hydrogen-bond acceptors (Lipinski definition) is 12. The Bertz CT molecular complexity index is 3020. The van der Waals surface area contributed by atoms with Crippen LogP contribution in [0.1, 0.15) is 47.8 Å². The molecule has 0 aromatic heterocycles. The predicted molar refractivity (Wildman–Crippen MR) is 213 cm³/mol. The van der Waals surface area contributed by atoms with Crippen molar-refractivity contribution in [2.75, 3.05) is 17.8 Å². The molecule has 0 atom stereocenters. The smallest absolute Gasteiger partial charge is 0.271 e. The third-order valence-electron chi connectivity index (χ3n) is 10.1. The third-order valence-corrected chi connectivity index (χ3v) is 10.1. The number of hydrazone groups is 1. The van der Waals surface area contributed by atoms with Crippen LogP contribution in [0.25, 0.3) is 27.5 Å². The second-order valence-electron chi connectivity index (χ2n) is 13.5. The van der Waals surface area contributed by atoms with Gasteiger partial charge in [-0.3, -0.25) is 44.4 Å². The van der Waals surface area contributed by atoms with E-state index in [-0.39, 0.29) is 50.9 Å². The van der Waals surface area contributed by atoms with Crippen molar-refractivity contribution in [2.24, 2.45) is 15.3 Å². The fourth-order valence-corrected chi connectivity index (χ4v) is 7.27. The number of azo groups is 1. The highest BCUT2D eigenvalue weighted by molar-refractivity contribution is 6.56. The van der Waals surface area contributed by atoms with Crippen molar-refractivity contribution in [3.63, 3.8) is 0 Å². The van der Waals surface area contributed by atoms with Crippen LogP contribution in [-0.2, 0) is 9.59 Å². The second-order valence-corrected chi connectivity index (χ2v) is 13.5. The zero-order valence-electron chi connectivity index (χ0n) is 30.0. The molecule has 2 aliphatic carbocycles. The van der Waals surface area contributed by atoms with Crippen LogP contribution in [0, 0.1) is 10.1 Å². The van der Waals surface area contributed by atoms with Crippen LogP contribution in [0.15, 0.2) is 131 Å². The number of hydrogen-bond donors (Lipinski definition) is 3. The normalized spacial score (nSPS) is 14.7. The number of non-ortho nitro benzene ring substituents is 1. The van der Waals surface area contributed by atoms with E-state index in [0.717, 1.165) is 4.90 Å². The number of amides is 3. The number of likely N-dealkylation sites (N-methyl/N-ethyl adjacent to an activating group) is 1. The third kappa shape index (κ3) is 5.69. The summed E-state index contributed by atoms with van der Waals surface area (Å²) < 4.78 is 0. The summed E-state index contributed by atoms with van der Waals surface area (Å²) in [4.78, 5) is 77.5. The van der Waals surface area contributed by atoms with Crippen LogP contribution < -0.4 is 10.7 Å². The van der Waals surface area contributed by atoms with Gasteiger partial charge in [-0.2, -0.15) is 10.2 Å². The molecule has 9 rings (SSSR count). The number of nitrogens with zero attached hydrogens (tertiary/aromatic N) is 5. The summed E-state index contributed by atoms with van der Waals surface area (Å²) >= 11 is 0. The lowest BCUT2D eigenvalue weighted by molar-refractivity contribution is -0.384. The predicted octanol–water partition coefficient (Wildman–Crippen LogP) is 7.73. The second kappa shape index (κ2) is 13.4. The van der Waals surface area contributed by atoms with E-state index in [1.54, 1.807) is 78.9 Å². The number of benzene rings is 6. The van der Waals surface area contributed by atoms with Gasteiger partial charge in [0.2, 0.25) is 5.78 Å². The van der Waals surface area contributed by atoms with Crippen molar-refractivity contribution in [1.29, 1.82) is 0 Å². The van der Waals surface area contributed by atoms with Crippen LogP contribution >= 0.6 is 0 Å². The highest BCUT2D eigenvalue weighted by Crippen LogP contribution is 2.42. The van der Waals surface area contributed by atoms with Crippen molar-refractivity contribution < 1.29 is 34.0 Å². The number of nitrogens with one attached hydrogen (secondary N) is 2. The molecule has 0 fully saturated rings. The molecule has 0 unspecified atom stereocenters. The SMILES string of the molecule is CN1C(=O)C2=CC(=O)C(=NNc3ccc4c(c3)C(=O)c3cc(N=Nc5c(O)c(C(=O)Nc6cccc([N+](=O)[O-])c6)cc6ccccc56)ccc3-4)c3cccc(c32)C1=O. The number of carbonyl (C=O) groups excluding carboxylic acids is 5. The molecule has 0 saturated heterocycles. The first-order chi connectivity index (χ1) is 28.0. The minimum atomic E-state index is -0.724. The molecule has 1 heterocycles. The maximum absolute atomic E-state index is 13.8. The Morgan fingerprint density at radius 3 is 2.29 bits per heavy atom. The van der Waals surface area contributed by atoms with Gasteiger partial charge < -0.3 is 10.4 Å². The number of carbonyl (C=O) groups is 5. The molecular weight excluding hydrogens is 743 g/mol. The molecule has 6 aromatic rings. The summed E-state index contributed by atoms with van der Waals surface area (Å²) in [6.45, 7) is 0. The van der Waals surface area contributed by atoms with Crippen molar-refractivity contribution in [1.82, 2.24) is 4.90 Å². The number of rotatable bonds is 7. The highest BCUT2D eigenvalue weighted by Gasteiger charge is 2.39. The first-order valence-electron chi connectivity index (χ1n) is 17.6. The zero-order valence-corrected chi connectivity index (χ0v) is 30.0. The molecule has 0 radical (unpaired) electrons. The summed E-state index contributed by atoms with van der Waals surface area (Å²) in [5.74, 6) is -3.07. The Hall–Kier alpha value is -8.46. The van der Waals surface area contributed by atoms with Crippen LogP contribution in [0.5, 0.6) is 5.75 Å². The van der Waals surface area contributed by atoms with E-state index >= 15 is 0 Å². The lowest BCUT2D eigenvalue weighted by atomic mass is 9.82. The van der Waals surface area contributed by atoms with Gasteiger partial charge in [-0.15, -0.1) is 5.11 Å². The monoisotopic (exact) mass is 767 g/mol. The van der Waals surface area contributed by atoms with Gasteiger partial charge in [0, 0.05) is 64.1 Å². The molecule has 15 nitrogen and oxygen atoms in total. The molecule has 1 aliphatic heterocycles. The fourth-order valence-electron chi connectivity index (χ4n) is 7.27. The minimum Gasteiger partial charge on any atom is -0.505 e. The number of nitro benzene ring substituents is 1. The molecule has 0 saturated carbocycles. The Labute approximate surface area is 326 Å². The van der Waals surface area contributed by atoms with Gasteiger partial charge in [0.1, 0.15) is 11.4 Å². The first-order valence-corrected chi connectivity index (χ1v) is 17.6. The van der Waals surface area contributed by atoms with E-state index in [4.69, 9.17) is 0 Å². The van der Waals surface area contributed by atoms with Crippen LogP contribution in [-0.4, -0.2) is 57.0 Å². The maximum Gasteiger partial charge on any atom is 0.271 e. The number of aromatic hydroxyl groups is 1. The number of ketones is 2. The van der Waals surface area contributed by atoms with Crippen molar-refractivity contribution in [3.05, 3.63) is 159 Å². The summed E-state index contributed by atoms with van der Waals surface area (Å²) in [6.07, 6.45) is 1.18. The van der Waals surface area contributed by atoms with Gasteiger partial charge in [-0.1, -0.05) is 54.6 Å². The van der Waals surface area contributed by atoms with Gasteiger partial charge in [0.05, 0.1) is 27.4 Å². The van der Waals surface area contributed by atoms with Gasteiger partial charge >= 0.3 is 0 Å². The standard InChI is InChI=1S/C43H25N7O8/c1-49-42(55)30-11-5-10-29-36(30)33(43(49)56)20-35(51)37(29)47-45-23-12-14-27-28-15-13-24(19-32(28)39(52)31(27)18-23)46-48-38-26-9-3-2-6-21(26)16-34(40(38)53)41(54)44-22-7-4-8-25(17-22)50(57)58/h2-20,45,53H,1H3,(H,44,54). The molecule has 0 spiro atoms. The summed E-state index contributed by atoms with van der Waals surface area (Å²) in [6, 6.07) is 28.6. The van der Waals surface area contributed by atoms with Crippen molar-refractivity contribution in [2.45, 2.75) is 0 Å². The Morgan fingerprint density at radius 1 is 0.741 bits per heavy atom. The minimum absolute atomic E-state index is 0.000510. The van der Waals surface area contributed by atoms with E-state index in [1.807, 2.05) is 0 Å². The lowest BCUT2D eigenvalue weighted by Gasteiger charge is -2.29. The molecule has 15 heteroatoms. The first kappa shape index (κ1) is 35.3. The summed E-state index contributed by atoms with van der Waals surface area (Å²) in [5, 5.41) is 39.2. The Morgan fingerprint density at radius 2 is 1.48 bits per heavy atom. The van der Waals surface area contributed by atoms with Crippen LogP contribution in [0.2, 0.25) is 0 Å². The average molecular weight is 768 g/mol.